The Hall–Kier alpha value is -5.34. The molecule has 2 heterocycles. The Kier molecular flexibility index (Phi) is 5.69. The highest BCUT2D eigenvalue weighted by Gasteiger charge is 2.45. The average Bonchev–Trinajstić information content (AvgIpc) is 3.70. The number of benzene rings is 5. The van der Waals surface area contributed by atoms with Crippen LogP contribution in [0.4, 0.5) is 0 Å². The number of allylic oxidation sites excluding steroid dienone is 8. The molecule has 2 heteroatoms. The van der Waals surface area contributed by atoms with Crippen LogP contribution in [0.3, 0.4) is 0 Å². The van der Waals surface area contributed by atoms with Crippen molar-refractivity contribution in [3.63, 3.8) is 0 Å². The molecule has 5 unspecified atom stereocenters. The third-order valence-corrected chi connectivity index (χ3v) is 10.8. The summed E-state index contributed by atoms with van der Waals surface area (Å²) < 4.78 is 13.4. The van der Waals surface area contributed by atoms with E-state index in [1.54, 1.807) is 0 Å². The van der Waals surface area contributed by atoms with Crippen molar-refractivity contribution in [1.29, 1.82) is 0 Å². The first-order valence-corrected chi connectivity index (χ1v) is 16.5. The summed E-state index contributed by atoms with van der Waals surface area (Å²) in [6.07, 6.45) is 17.8. The molecule has 0 radical (unpaired) electrons. The minimum absolute atomic E-state index is 0.141. The van der Waals surface area contributed by atoms with Gasteiger partial charge in [-0.3, -0.25) is 0 Å². The molecule has 0 saturated carbocycles. The summed E-state index contributed by atoms with van der Waals surface area (Å²) in [5.74, 6) is 1.60. The van der Waals surface area contributed by atoms with Crippen LogP contribution in [0, 0.1) is 17.8 Å². The SMILES string of the molecule is C1=CC2C(c3cc4c5ccccc5oc4c4c3oc3ccccc34)c3ccccc3C(C3C=CC(c4ccccc4)=CC3)C2C=C1. The number of fused-ring (bicyclic) bond motifs is 9. The number of furan rings is 2. The molecule has 10 rings (SSSR count). The van der Waals surface area contributed by atoms with Gasteiger partial charge >= 0.3 is 0 Å². The summed E-state index contributed by atoms with van der Waals surface area (Å²) >= 11 is 0. The van der Waals surface area contributed by atoms with Gasteiger partial charge in [0.15, 0.2) is 0 Å². The molecule has 0 amide bonds. The van der Waals surface area contributed by atoms with Gasteiger partial charge in [-0.15, -0.1) is 0 Å². The van der Waals surface area contributed by atoms with Crippen LogP contribution in [0.25, 0.3) is 49.5 Å². The average molecular weight is 593 g/mol. The van der Waals surface area contributed by atoms with Crippen LogP contribution in [-0.4, -0.2) is 0 Å². The van der Waals surface area contributed by atoms with E-state index in [9.17, 15) is 0 Å². The maximum absolute atomic E-state index is 6.81. The van der Waals surface area contributed by atoms with E-state index < -0.39 is 0 Å². The van der Waals surface area contributed by atoms with Gasteiger partial charge in [-0.05, 0) is 70.6 Å². The Labute approximate surface area is 267 Å². The lowest BCUT2D eigenvalue weighted by molar-refractivity contribution is 0.286. The maximum atomic E-state index is 6.81. The van der Waals surface area contributed by atoms with Crippen molar-refractivity contribution in [3.8, 4) is 0 Å². The third kappa shape index (κ3) is 3.77. The van der Waals surface area contributed by atoms with Crippen molar-refractivity contribution in [2.45, 2.75) is 18.3 Å². The van der Waals surface area contributed by atoms with E-state index >= 15 is 0 Å². The van der Waals surface area contributed by atoms with Gasteiger partial charge in [0.2, 0.25) is 0 Å². The normalized spacial score (nSPS) is 23.7. The summed E-state index contributed by atoms with van der Waals surface area (Å²) in [5.41, 5.74) is 10.4. The molecule has 7 aromatic rings. The van der Waals surface area contributed by atoms with E-state index in [0.29, 0.717) is 23.7 Å². The fourth-order valence-electron chi connectivity index (χ4n) is 8.81. The summed E-state index contributed by atoms with van der Waals surface area (Å²) in [4.78, 5) is 0. The summed E-state index contributed by atoms with van der Waals surface area (Å²) in [6, 6.07) is 39.2. The van der Waals surface area contributed by atoms with Gasteiger partial charge in [0, 0.05) is 27.6 Å². The highest BCUT2D eigenvalue weighted by atomic mass is 16.3. The molecular formula is C44H32O2. The first-order chi connectivity index (χ1) is 22.8. The first-order valence-electron chi connectivity index (χ1n) is 16.5. The number of hydrogen-bond acceptors (Lipinski definition) is 2. The van der Waals surface area contributed by atoms with Gasteiger partial charge < -0.3 is 8.83 Å². The smallest absolute Gasteiger partial charge is 0.147 e. The molecule has 3 aliphatic rings. The van der Waals surface area contributed by atoms with Gasteiger partial charge in [-0.2, -0.15) is 0 Å². The molecule has 220 valence electrons. The molecule has 2 nitrogen and oxygen atoms in total. The van der Waals surface area contributed by atoms with Crippen LogP contribution in [0.5, 0.6) is 0 Å². The first kappa shape index (κ1) is 25.9. The third-order valence-electron chi connectivity index (χ3n) is 10.8. The monoisotopic (exact) mass is 592 g/mol. The van der Waals surface area contributed by atoms with E-state index in [1.807, 2.05) is 0 Å². The predicted molar refractivity (Wildman–Crippen MR) is 189 cm³/mol. The minimum atomic E-state index is 0.141. The number of rotatable bonds is 3. The van der Waals surface area contributed by atoms with Gasteiger partial charge in [0.25, 0.3) is 0 Å². The molecule has 5 aromatic carbocycles. The highest BCUT2D eigenvalue weighted by Crippen LogP contribution is 2.57. The fraction of sp³-hybridized carbons (Fsp3) is 0.136. The Morgan fingerprint density at radius 2 is 1.22 bits per heavy atom. The van der Waals surface area contributed by atoms with Crippen molar-refractivity contribution in [3.05, 3.63) is 174 Å². The Morgan fingerprint density at radius 1 is 0.543 bits per heavy atom. The van der Waals surface area contributed by atoms with Crippen LogP contribution < -0.4 is 0 Å². The predicted octanol–water partition coefficient (Wildman–Crippen LogP) is 11.7. The zero-order chi connectivity index (χ0) is 30.2. The molecule has 46 heavy (non-hydrogen) atoms. The number of para-hydroxylation sites is 2. The highest BCUT2D eigenvalue weighted by molar-refractivity contribution is 6.22. The van der Waals surface area contributed by atoms with E-state index in [0.717, 1.165) is 50.3 Å². The van der Waals surface area contributed by atoms with Crippen LogP contribution >= 0.6 is 0 Å². The fourth-order valence-corrected chi connectivity index (χ4v) is 8.81. The maximum Gasteiger partial charge on any atom is 0.147 e. The molecule has 0 aliphatic heterocycles. The summed E-state index contributed by atoms with van der Waals surface area (Å²) in [5, 5.41) is 4.50. The molecule has 3 aliphatic carbocycles. The standard InChI is InChI=1S/C44H32O2/c1-2-12-27(13-3-1)28-22-24-29(25-23-28)40-31-15-4-6-17-33(31)41(34-18-7-5-16-32(34)40)37-26-36-30-14-8-10-20-38(30)45-43(36)42-35-19-9-11-21-39(35)46-44(37)42/h1-24,26,29,31,33,40-41H,25H2. The number of hydrogen-bond donors (Lipinski definition) is 0. The van der Waals surface area contributed by atoms with Crippen molar-refractivity contribution in [2.24, 2.45) is 17.8 Å². The molecule has 5 atom stereocenters. The Balaban J connectivity index is 1.19. The molecule has 0 saturated heterocycles. The largest absolute Gasteiger partial charge is 0.456 e. The van der Waals surface area contributed by atoms with Crippen molar-refractivity contribution in [2.75, 3.05) is 0 Å². The van der Waals surface area contributed by atoms with Crippen molar-refractivity contribution >= 4 is 49.5 Å². The van der Waals surface area contributed by atoms with E-state index in [-0.39, 0.29) is 5.92 Å². The van der Waals surface area contributed by atoms with Crippen LogP contribution in [-0.2, 0) is 0 Å². The van der Waals surface area contributed by atoms with E-state index in [1.165, 1.54) is 27.8 Å². The quantitative estimate of drug-likeness (QED) is 0.204. The molecule has 0 bridgehead atoms. The van der Waals surface area contributed by atoms with Crippen LogP contribution in [0.15, 0.2) is 161 Å². The molecule has 2 aromatic heterocycles. The summed E-state index contributed by atoms with van der Waals surface area (Å²) in [6.45, 7) is 0. The zero-order valence-electron chi connectivity index (χ0n) is 25.3. The van der Waals surface area contributed by atoms with Crippen LogP contribution in [0.2, 0.25) is 0 Å². The Morgan fingerprint density at radius 3 is 2.02 bits per heavy atom. The molecule has 0 fully saturated rings. The second-order valence-corrected chi connectivity index (χ2v) is 13.1. The second kappa shape index (κ2) is 10.1. The topological polar surface area (TPSA) is 26.3 Å². The lowest BCUT2D eigenvalue weighted by atomic mass is 9.57. The van der Waals surface area contributed by atoms with Crippen molar-refractivity contribution in [1.82, 2.24) is 0 Å². The molecule has 0 spiro atoms. The van der Waals surface area contributed by atoms with Gasteiger partial charge in [0.1, 0.15) is 22.3 Å². The summed E-state index contributed by atoms with van der Waals surface area (Å²) in [7, 11) is 0. The minimum Gasteiger partial charge on any atom is -0.456 e. The second-order valence-electron chi connectivity index (χ2n) is 13.1. The van der Waals surface area contributed by atoms with Gasteiger partial charge in [-0.25, -0.2) is 0 Å². The van der Waals surface area contributed by atoms with E-state index in [4.69, 9.17) is 8.83 Å². The zero-order valence-corrected chi connectivity index (χ0v) is 25.3. The lowest BCUT2D eigenvalue weighted by Gasteiger charge is -2.46. The molecule has 0 N–H and O–H groups in total. The Bertz CT molecular complexity index is 2430. The molecular weight excluding hydrogens is 560 g/mol. The lowest BCUT2D eigenvalue weighted by Crippen LogP contribution is -2.36. The van der Waals surface area contributed by atoms with E-state index in [2.05, 4.69) is 152 Å². The van der Waals surface area contributed by atoms with Crippen molar-refractivity contribution < 1.29 is 8.83 Å². The van der Waals surface area contributed by atoms with Gasteiger partial charge in [0.05, 0.1) is 5.39 Å². The van der Waals surface area contributed by atoms with Gasteiger partial charge in [-0.1, -0.05) is 134 Å². The van der Waals surface area contributed by atoms with Crippen LogP contribution in [0.1, 0.15) is 40.5 Å².